The third-order valence-electron chi connectivity index (χ3n) is 3.65. The Kier molecular flexibility index (Phi) is 6.99. The third kappa shape index (κ3) is 4.27. The minimum atomic E-state index is -0.00338. The molecule has 4 nitrogen and oxygen atoms in total. The highest BCUT2D eigenvalue weighted by Crippen LogP contribution is 2.27. The van der Waals surface area contributed by atoms with Gasteiger partial charge in [-0.2, -0.15) is 0 Å². The normalized spacial score (nSPS) is 14.9. The van der Waals surface area contributed by atoms with Gasteiger partial charge in [-0.25, -0.2) is 0 Å². The molecule has 0 aliphatic heterocycles. The van der Waals surface area contributed by atoms with E-state index in [1.807, 2.05) is 19.2 Å². The van der Waals surface area contributed by atoms with E-state index in [0.29, 0.717) is 12.6 Å². The molecule has 0 bridgehead atoms. The van der Waals surface area contributed by atoms with Crippen LogP contribution in [0.4, 0.5) is 0 Å². The number of nitrogens with zero attached hydrogens (tertiary/aromatic N) is 2. The van der Waals surface area contributed by atoms with Crippen molar-refractivity contribution in [3.8, 4) is 0 Å². The van der Waals surface area contributed by atoms with Crippen LogP contribution in [0.3, 0.4) is 0 Å². The molecule has 0 amide bonds. The molecule has 0 aliphatic rings. The fraction of sp³-hybridized carbons (Fsp3) is 0.667. The molecule has 0 aliphatic carbocycles. The van der Waals surface area contributed by atoms with Crippen molar-refractivity contribution in [1.29, 1.82) is 0 Å². The first-order chi connectivity index (χ1) is 9.15. The van der Waals surface area contributed by atoms with E-state index in [1.54, 1.807) is 6.20 Å². The third-order valence-corrected chi connectivity index (χ3v) is 3.65. The zero-order valence-corrected chi connectivity index (χ0v) is 12.3. The van der Waals surface area contributed by atoms with Gasteiger partial charge in [-0.15, -0.1) is 0 Å². The van der Waals surface area contributed by atoms with Gasteiger partial charge >= 0.3 is 0 Å². The van der Waals surface area contributed by atoms with E-state index in [4.69, 9.17) is 5.73 Å². The molecule has 19 heavy (non-hydrogen) atoms. The summed E-state index contributed by atoms with van der Waals surface area (Å²) in [6.07, 6.45) is 5.76. The number of rotatable bonds is 8. The summed E-state index contributed by atoms with van der Waals surface area (Å²) in [5, 5.41) is 9.36. The van der Waals surface area contributed by atoms with Crippen molar-refractivity contribution < 1.29 is 5.11 Å². The van der Waals surface area contributed by atoms with Crippen LogP contribution in [0.5, 0.6) is 0 Å². The number of aliphatic hydroxyl groups is 1. The van der Waals surface area contributed by atoms with E-state index < -0.39 is 0 Å². The second-order valence-electron chi connectivity index (χ2n) is 5.02. The molecular formula is C15H27N3O. The average molecular weight is 265 g/mol. The molecular weight excluding hydrogens is 238 g/mol. The van der Waals surface area contributed by atoms with Gasteiger partial charge in [-0.05, 0) is 31.4 Å². The average Bonchev–Trinajstić information content (AvgIpc) is 2.41. The Morgan fingerprint density at radius 2 is 2.05 bits per heavy atom. The summed E-state index contributed by atoms with van der Waals surface area (Å²) >= 11 is 0. The van der Waals surface area contributed by atoms with Gasteiger partial charge in [0.15, 0.2) is 0 Å². The lowest BCUT2D eigenvalue weighted by atomic mass is 9.97. The van der Waals surface area contributed by atoms with E-state index in [0.717, 1.165) is 18.4 Å². The summed E-state index contributed by atoms with van der Waals surface area (Å²) < 4.78 is 0. The lowest BCUT2D eigenvalue weighted by Gasteiger charge is -2.39. The number of hydrogen-bond donors (Lipinski definition) is 2. The maximum Gasteiger partial charge on any atom is 0.0558 e. The van der Waals surface area contributed by atoms with Crippen molar-refractivity contribution in [2.24, 2.45) is 5.73 Å². The highest BCUT2D eigenvalue weighted by Gasteiger charge is 2.28. The van der Waals surface area contributed by atoms with Crippen LogP contribution < -0.4 is 5.73 Å². The first-order valence-electron chi connectivity index (χ1n) is 7.17. The van der Waals surface area contributed by atoms with Gasteiger partial charge < -0.3 is 10.8 Å². The lowest BCUT2D eigenvalue weighted by Crippen LogP contribution is -2.46. The van der Waals surface area contributed by atoms with Crippen molar-refractivity contribution in [3.05, 3.63) is 30.1 Å². The summed E-state index contributed by atoms with van der Waals surface area (Å²) in [5.41, 5.74) is 7.32. The fourth-order valence-corrected chi connectivity index (χ4v) is 2.77. The number of pyridine rings is 1. The van der Waals surface area contributed by atoms with Crippen molar-refractivity contribution in [1.82, 2.24) is 9.88 Å². The highest BCUT2D eigenvalue weighted by molar-refractivity contribution is 5.16. The van der Waals surface area contributed by atoms with E-state index in [9.17, 15) is 5.11 Å². The summed E-state index contributed by atoms with van der Waals surface area (Å²) in [7, 11) is 0. The second-order valence-corrected chi connectivity index (χ2v) is 5.02. The minimum Gasteiger partial charge on any atom is -0.395 e. The van der Waals surface area contributed by atoms with Crippen LogP contribution in [0.2, 0.25) is 0 Å². The highest BCUT2D eigenvalue weighted by atomic mass is 16.3. The van der Waals surface area contributed by atoms with Crippen molar-refractivity contribution in [2.75, 3.05) is 13.2 Å². The van der Waals surface area contributed by atoms with Crippen LogP contribution in [0.25, 0.3) is 0 Å². The number of hydrogen-bond acceptors (Lipinski definition) is 4. The molecule has 0 saturated carbocycles. The first-order valence-corrected chi connectivity index (χ1v) is 7.17. The molecule has 0 radical (unpaired) electrons. The smallest absolute Gasteiger partial charge is 0.0558 e. The van der Waals surface area contributed by atoms with Gasteiger partial charge in [0, 0.05) is 31.0 Å². The molecule has 4 heteroatoms. The summed E-state index contributed by atoms with van der Waals surface area (Å²) in [6, 6.07) is 4.54. The van der Waals surface area contributed by atoms with Crippen LogP contribution in [0, 0.1) is 0 Å². The summed E-state index contributed by atoms with van der Waals surface area (Å²) in [6.45, 7) is 7.18. The molecule has 0 aromatic carbocycles. The summed E-state index contributed by atoms with van der Waals surface area (Å²) in [4.78, 5) is 6.52. The van der Waals surface area contributed by atoms with Crippen molar-refractivity contribution >= 4 is 0 Å². The minimum absolute atomic E-state index is 0.00338. The zero-order valence-electron chi connectivity index (χ0n) is 12.3. The Balaban J connectivity index is 3.05. The lowest BCUT2D eigenvalue weighted by molar-refractivity contribution is 0.0850. The number of aromatic nitrogens is 1. The van der Waals surface area contributed by atoms with Crippen LogP contribution in [0.15, 0.2) is 24.5 Å². The maximum absolute atomic E-state index is 9.36. The fourth-order valence-electron chi connectivity index (χ4n) is 2.77. The predicted molar refractivity (Wildman–Crippen MR) is 78.8 cm³/mol. The second kappa shape index (κ2) is 8.25. The standard InChI is InChI=1S/C15H27N3O/c1-4-14(5-2)18(9-10-19)15(12(3)16)13-7-6-8-17-11-13/h6-8,11-12,14-15,19H,4-5,9-10,16H2,1-3H3. The Hall–Kier alpha value is -0.970. The SMILES string of the molecule is CCC(CC)N(CCO)C(c1cccnc1)C(C)N. The first kappa shape index (κ1) is 16.1. The molecule has 108 valence electrons. The Labute approximate surface area is 116 Å². The zero-order chi connectivity index (χ0) is 14.3. The quantitative estimate of drug-likeness (QED) is 0.754. The van der Waals surface area contributed by atoms with Crippen LogP contribution >= 0.6 is 0 Å². The summed E-state index contributed by atoms with van der Waals surface area (Å²) in [5.74, 6) is 0. The predicted octanol–water partition coefficient (Wildman–Crippen LogP) is 1.95. The molecule has 0 saturated heterocycles. The van der Waals surface area contributed by atoms with Gasteiger partial charge in [-0.3, -0.25) is 9.88 Å². The molecule has 3 N–H and O–H groups in total. The molecule has 2 unspecified atom stereocenters. The van der Waals surface area contributed by atoms with Gasteiger partial charge in [-0.1, -0.05) is 19.9 Å². The van der Waals surface area contributed by atoms with Crippen molar-refractivity contribution in [3.63, 3.8) is 0 Å². The number of nitrogens with two attached hydrogens (primary N) is 1. The van der Waals surface area contributed by atoms with Gasteiger partial charge in [0.05, 0.1) is 12.6 Å². The Bertz CT molecular complexity index is 339. The Morgan fingerprint density at radius 3 is 2.47 bits per heavy atom. The molecule has 1 heterocycles. The molecule has 1 aromatic heterocycles. The van der Waals surface area contributed by atoms with E-state index in [1.165, 1.54) is 0 Å². The molecule has 1 aromatic rings. The van der Waals surface area contributed by atoms with E-state index >= 15 is 0 Å². The molecule has 0 spiro atoms. The maximum atomic E-state index is 9.36. The van der Waals surface area contributed by atoms with Crippen LogP contribution in [0.1, 0.15) is 45.2 Å². The van der Waals surface area contributed by atoms with Crippen LogP contribution in [-0.2, 0) is 0 Å². The topological polar surface area (TPSA) is 62.4 Å². The van der Waals surface area contributed by atoms with Gasteiger partial charge in [0.1, 0.15) is 0 Å². The van der Waals surface area contributed by atoms with Gasteiger partial charge in [0.2, 0.25) is 0 Å². The molecule has 1 rings (SSSR count). The van der Waals surface area contributed by atoms with E-state index in [-0.39, 0.29) is 18.7 Å². The van der Waals surface area contributed by atoms with E-state index in [2.05, 4.69) is 29.8 Å². The van der Waals surface area contributed by atoms with Gasteiger partial charge in [0.25, 0.3) is 0 Å². The van der Waals surface area contributed by atoms with Crippen molar-refractivity contribution in [2.45, 2.75) is 51.7 Å². The molecule has 0 fully saturated rings. The monoisotopic (exact) mass is 265 g/mol. The van der Waals surface area contributed by atoms with Crippen LogP contribution in [-0.4, -0.2) is 40.2 Å². The largest absolute Gasteiger partial charge is 0.395 e. The number of aliphatic hydroxyl groups excluding tert-OH is 1. The molecule has 2 atom stereocenters. The Morgan fingerprint density at radius 1 is 1.37 bits per heavy atom.